The normalized spacial score (nSPS) is 8.70. The summed E-state index contributed by atoms with van der Waals surface area (Å²) >= 11 is 4.25. The summed E-state index contributed by atoms with van der Waals surface area (Å²) in [5, 5.41) is 0. The molecule has 0 nitrogen and oxygen atoms in total. The van der Waals surface area contributed by atoms with Gasteiger partial charge < -0.3 is 1.43 Å². The van der Waals surface area contributed by atoms with Crippen LogP contribution in [0.5, 0.6) is 0 Å². The molecule has 0 N–H and O–H groups in total. The molecule has 1 aromatic rings. The minimum atomic E-state index is 0. The molecule has 0 saturated carbocycles. The molecule has 0 aliphatic rings. The quantitative estimate of drug-likeness (QED) is 0.410. The van der Waals surface area contributed by atoms with E-state index in [-0.39, 0.29) is 52.8 Å². The van der Waals surface area contributed by atoms with Gasteiger partial charge in [0.25, 0.3) is 0 Å². The van der Waals surface area contributed by atoms with Crippen molar-refractivity contribution < 1.29 is 52.8 Å². The minimum Gasteiger partial charge on any atom is -1.00 e. The summed E-state index contributed by atoms with van der Waals surface area (Å²) in [6.07, 6.45) is 0. The number of hydrogen-bond acceptors (Lipinski definition) is 1. The van der Waals surface area contributed by atoms with Crippen molar-refractivity contribution in [1.82, 2.24) is 0 Å². The van der Waals surface area contributed by atoms with Gasteiger partial charge in [-0.3, -0.25) is 0 Å². The first-order chi connectivity index (χ1) is 4.20. The third-order valence-corrected chi connectivity index (χ3v) is 1.85. The van der Waals surface area contributed by atoms with Gasteiger partial charge in [0.15, 0.2) is 0 Å². The van der Waals surface area contributed by atoms with E-state index in [0.717, 1.165) is 4.90 Å². The van der Waals surface area contributed by atoms with E-state index in [0.29, 0.717) is 0 Å². The molecule has 0 saturated heterocycles. The number of aryl methyl sites for hydroxylation is 2. The predicted octanol–water partition coefficient (Wildman–Crippen LogP) is -0.291. The Bertz CT molecular complexity index is 225. The fraction of sp³-hybridized carbons (Fsp3) is 0.250. The van der Waals surface area contributed by atoms with Crippen LogP contribution >= 0.6 is 12.6 Å². The molecule has 1 rings (SSSR count). The molecule has 10 heavy (non-hydrogen) atoms. The molecule has 0 atom stereocenters. The molecule has 0 unspecified atom stereocenters. The van der Waals surface area contributed by atoms with Crippen molar-refractivity contribution in [2.45, 2.75) is 18.7 Å². The summed E-state index contributed by atoms with van der Waals surface area (Å²) in [6, 6.07) is 6.21. The van der Waals surface area contributed by atoms with Crippen LogP contribution in [0.4, 0.5) is 0 Å². The van der Waals surface area contributed by atoms with Crippen LogP contribution in [0.3, 0.4) is 0 Å². The van der Waals surface area contributed by atoms with Crippen LogP contribution in [0.1, 0.15) is 12.6 Å². The second-order valence-electron chi connectivity index (χ2n) is 2.29. The van der Waals surface area contributed by atoms with Crippen molar-refractivity contribution in [3.8, 4) is 0 Å². The number of rotatable bonds is 0. The van der Waals surface area contributed by atoms with Crippen LogP contribution in [-0.2, 0) is 0 Å². The summed E-state index contributed by atoms with van der Waals surface area (Å²) in [4.78, 5) is 1.07. The van der Waals surface area contributed by atoms with E-state index in [1.165, 1.54) is 11.1 Å². The van der Waals surface area contributed by atoms with E-state index in [9.17, 15) is 0 Å². The van der Waals surface area contributed by atoms with Crippen LogP contribution in [-0.4, -0.2) is 0 Å². The largest absolute Gasteiger partial charge is 1.00 e. The average molecular weight is 178 g/mol. The van der Waals surface area contributed by atoms with E-state index >= 15 is 0 Å². The first kappa shape index (κ1) is 11.2. The van der Waals surface area contributed by atoms with Gasteiger partial charge in [-0.15, -0.1) is 12.6 Å². The Morgan fingerprint density at radius 3 is 2.30 bits per heavy atom. The molecule has 0 aliphatic carbocycles. The molecule has 0 amide bonds. The molecular weight excluding hydrogens is 167 g/mol. The number of thiol groups is 1. The number of benzene rings is 1. The van der Waals surface area contributed by atoms with Gasteiger partial charge in [-0.2, -0.15) is 0 Å². The van der Waals surface area contributed by atoms with E-state index in [1.807, 2.05) is 6.07 Å². The maximum Gasteiger partial charge on any atom is 1.00 e. The van der Waals surface area contributed by atoms with Gasteiger partial charge in [-0.05, 0) is 25.5 Å². The van der Waals surface area contributed by atoms with Gasteiger partial charge in [0.05, 0.1) is 0 Å². The third kappa shape index (κ3) is 3.07. The Kier molecular flexibility index (Phi) is 5.56. The van der Waals surface area contributed by atoms with Gasteiger partial charge in [0.2, 0.25) is 0 Å². The first-order valence-corrected chi connectivity index (χ1v) is 3.41. The molecule has 0 radical (unpaired) electrons. The van der Waals surface area contributed by atoms with Gasteiger partial charge >= 0.3 is 51.4 Å². The maximum absolute atomic E-state index is 4.25. The minimum absolute atomic E-state index is 0. The summed E-state index contributed by atoms with van der Waals surface area (Å²) in [7, 11) is 0. The zero-order valence-corrected chi connectivity index (χ0v) is 10.7. The van der Waals surface area contributed by atoms with Crippen molar-refractivity contribution in [3.05, 3.63) is 29.3 Å². The summed E-state index contributed by atoms with van der Waals surface area (Å²) < 4.78 is 0. The Hall–Kier alpha value is 1.21. The number of hydrogen-bond donors (Lipinski definition) is 1. The maximum atomic E-state index is 4.25. The summed E-state index contributed by atoms with van der Waals surface area (Å²) in [5.41, 5.74) is 2.55. The second kappa shape index (κ2) is 4.96. The van der Waals surface area contributed by atoms with E-state index in [2.05, 4.69) is 38.6 Å². The molecule has 0 aromatic heterocycles. The molecular formula is C8H11KS. The fourth-order valence-corrected chi connectivity index (χ4v) is 0.944. The molecule has 0 fully saturated rings. The molecule has 50 valence electrons. The van der Waals surface area contributed by atoms with Crippen LogP contribution in [0.2, 0.25) is 0 Å². The van der Waals surface area contributed by atoms with Gasteiger partial charge in [0.1, 0.15) is 0 Å². The first-order valence-electron chi connectivity index (χ1n) is 2.96. The van der Waals surface area contributed by atoms with Crippen molar-refractivity contribution >= 4 is 12.6 Å². The molecule has 0 spiro atoms. The zero-order valence-electron chi connectivity index (χ0n) is 7.68. The van der Waals surface area contributed by atoms with Crippen molar-refractivity contribution in [2.24, 2.45) is 0 Å². The monoisotopic (exact) mass is 178 g/mol. The van der Waals surface area contributed by atoms with Gasteiger partial charge in [-0.25, -0.2) is 0 Å². The molecule has 0 bridgehead atoms. The summed E-state index contributed by atoms with van der Waals surface area (Å²) in [6.45, 7) is 4.15. The van der Waals surface area contributed by atoms with Gasteiger partial charge in [-0.1, -0.05) is 17.7 Å². The topological polar surface area (TPSA) is 0 Å². The Morgan fingerprint density at radius 2 is 1.90 bits per heavy atom. The molecule has 0 aliphatic heterocycles. The third-order valence-electron chi connectivity index (χ3n) is 1.35. The SMILES string of the molecule is Cc1ccc(S)c(C)c1.[H-].[K+]. The van der Waals surface area contributed by atoms with E-state index < -0.39 is 0 Å². The zero-order chi connectivity index (χ0) is 6.85. The van der Waals surface area contributed by atoms with Crippen LogP contribution < -0.4 is 51.4 Å². The molecule has 2 heteroatoms. The molecule has 0 heterocycles. The van der Waals surface area contributed by atoms with Crippen LogP contribution in [0.25, 0.3) is 0 Å². The van der Waals surface area contributed by atoms with Crippen molar-refractivity contribution in [1.29, 1.82) is 0 Å². The Morgan fingerprint density at radius 1 is 1.30 bits per heavy atom. The van der Waals surface area contributed by atoms with Crippen LogP contribution in [0.15, 0.2) is 23.1 Å². The van der Waals surface area contributed by atoms with Crippen molar-refractivity contribution in [3.63, 3.8) is 0 Å². The van der Waals surface area contributed by atoms with Crippen molar-refractivity contribution in [2.75, 3.05) is 0 Å². The second-order valence-corrected chi connectivity index (χ2v) is 2.77. The Labute approximate surface area is 112 Å². The predicted molar refractivity (Wildman–Crippen MR) is 44.3 cm³/mol. The van der Waals surface area contributed by atoms with Crippen LogP contribution in [0, 0.1) is 13.8 Å². The smallest absolute Gasteiger partial charge is 1.00 e. The fourth-order valence-electron chi connectivity index (χ4n) is 0.805. The standard InChI is InChI=1S/C8H10S.K.H/c1-6-3-4-8(9)7(2)5-6;;/h3-5,9H,1-2H3;;/q;+1;-1. The summed E-state index contributed by atoms with van der Waals surface area (Å²) in [5.74, 6) is 0. The Balaban J connectivity index is 0. The van der Waals surface area contributed by atoms with E-state index in [4.69, 9.17) is 0 Å². The van der Waals surface area contributed by atoms with Gasteiger partial charge in [0, 0.05) is 4.90 Å². The van der Waals surface area contributed by atoms with E-state index in [1.54, 1.807) is 0 Å². The average Bonchev–Trinajstić information content (AvgIpc) is 1.80. The molecule has 1 aromatic carbocycles.